The van der Waals surface area contributed by atoms with Gasteiger partial charge < -0.3 is 15.3 Å². The summed E-state index contributed by atoms with van der Waals surface area (Å²) in [6.07, 6.45) is 1.83. The number of aromatic nitrogens is 1. The molecule has 4 nitrogen and oxygen atoms in total. The molecule has 1 fully saturated rings. The summed E-state index contributed by atoms with van der Waals surface area (Å²) in [4.78, 5) is 6.78. The Balaban J connectivity index is 1.84. The maximum atomic E-state index is 9.84. The first-order valence-electron chi connectivity index (χ1n) is 6.55. The molecule has 1 saturated heterocycles. The number of benzene rings is 1. The normalized spacial score (nSPS) is 15.5. The highest BCUT2D eigenvalue weighted by Gasteiger charge is 2.11. The molecule has 0 spiro atoms. The number of nitrogens with zero attached hydrogens (tertiary/aromatic N) is 2. The largest absolute Gasteiger partial charge is 0.507 e. The first-order chi connectivity index (χ1) is 9.34. The summed E-state index contributed by atoms with van der Waals surface area (Å²) >= 11 is 0. The lowest BCUT2D eigenvalue weighted by Crippen LogP contribution is -2.43. The van der Waals surface area contributed by atoms with Crippen molar-refractivity contribution in [3.63, 3.8) is 0 Å². The third-order valence-corrected chi connectivity index (χ3v) is 3.40. The lowest BCUT2D eigenvalue weighted by Gasteiger charge is -2.28. The lowest BCUT2D eigenvalue weighted by atomic mass is 10.1. The topological polar surface area (TPSA) is 48.4 Å². The van der Waals surface area contributed by atoms with Crippen molar-refractivity contribution in [2.24, 2.45) is 0 Å². The molecule has 4 heteroatoms. The van der Waals surface area contributed by atoms with Crippen molar-refractivity contribution in [3.05, 3.63) is 42.6 Å². The number of anilines is 1. The molecule has 1 aliphatic heterocycles. The van der Waals surface area contributed by atoms with Crippen LogP contribution in [0.4, 0.5) is 5.82 Å². The molecule has 0 unspecified atom stereocenters. The summed E-state index contributed by atoms with van der Waals surface area (Å²) in [6.45, 7) is 3.98. The van der Waals surface area contributed by atoms with Crippen molar-refractivity contribution in [2.75, 3.05) is 31.1 Å². The second kappa shape index (κ2) is 5.28. The van der Waals surface area contributed by atoms with Crippen LogP contribution >= 0.6 is 0 Å². The van der Waals surface area contributed by atoms with Gasteiger partial charge in [0.05, 0.1) is 0 Å². The molecule has 1 aromatic carbocycles. The Hall–Kier alpha value is -2.07. The highest BCUT2D eigenvalue weighted by atomic mass is 16.3. The molecule has 19 heavy (non-hydrogen) atoms. The minimum atomic E-state index is 0.291. The van der Waals surface area contributed by atoms with Crippen LogP contribution < -0.4 is 10.2 Å². The van der Waals surface area contributed by atoms with Gasteiger partial charge in [0.15, 0.2) is 0 Å². The quantitative estimate of drug-likeness (QED) is 0.860. The average Bonchev–Trinajstić information content (AvgIpc) is 2.49. The van der Waals surface area contributed by atoms with Gasteiger partial charge in [0.1, 0.15) is 11.6 Å². The van der Waals surface area contributed by atoms with E-state index in [0.29, 0.717) is 5.75 Å². The summed E-state index contributed by atoms with van der Waals surface area (Å²) < 4.78 is 0. The predicted octanol–water partition coefficient (Wildman–Crippen LogP) is 1.86. The molecule has 0 saturated carbocycles. The Morgan fingerprint density at radius 3 is 2.53 bits per heavy atom. The van der Waals surface area contributed by atoms with Gasteiger partial charge in [-0.1, -0.05) is 18.2 Å². The minimum absolute atomic E-state index is 0.291. The maximum absolute atomic E-state index is 9.84. The Kier molecular flexibility index (Phi) is 3.33. The Morgan fingerprint density at radius 2 is 1.84 bits per heavy atom. The van der Waals surface area contributed by atoms with E-state index in [9.17, 15) is 5.11 Å². The van der Waals surface area contributed by atoms with E-state index in [4.69, 9.17) is 0 Å². The van der Waals surface area contributed by atoms with Crippen LogP contribution in [-0.4, -0.2) is 36.3 Å². The van der Waals surface area contributed by atoms with E-state index in [-0.39, 0.29) is 0 Å². The van der Waals surface area contributed by atoms with Crippen LogP contribution in [0.15, 0.2) is 42.6 Å². The number of piperazine rings is 1. The van der Waals surface area contributed by atoms with Gasteiger partial charge in [0.2, 0.25) is 0 Å². The van der Waals surface area contributed by atoms with E-state index in [0.717, 1.165) is 43.1 Å². The van der Waals surface area contributed by atoms with E-state index in [2.05, 4.69) is 15.2 Å². The van der Waals surface area contributed by atoms with Crippen molar-refractivity contribution in [2.45, 2.75) is 0 Å². The van der Waals surface area contributed by atoms with Crippen LogP contribution in [-0.2, 0) is 0 Å². The second-order valence-electron chi connectivity index (χ2n) is 4.66. The molecule has 0 bridgehead atoms. The van der Waals surface area contributed by atoms with Crippen molar-refractivity contribution < 1.29 is 5.11 Å². The van der Waals surface area contributed by atoms with Crippen LogP contribution in [0, 0.1) is 0 Å². The molecular weight excluding hydrogens is 238 g/mol. The summed E-state index contributed by atoms with van der Waals surface area (Å²) in [5, 5.41) is 13.2. The molecule has 0 radical (unpaired) electrons. The molecule has 2 aromatic rings. The van der Waals surface area contributed by atoms with Gasteiger partial charge in [-0.2, -0.15) is 0 Å². The van der Waals surface area contributed by atoms with Gasteiger partial charge in [0, 0.05) is 43.5 Å². The van der Waals surface area contributed by atoms with Gasteiger partial charge in [0.25, 0.3) is 0 Å². The van der Waals surface area contributed by atoms with E-state index in [1.54, 1.807) is 6.07 Å². The van der Waals surface area contributed by atoms with Crippen molar-refractivity contribution >= 4 is 5.82 Å². The zero-order valence-corrected chi connectivity index (χ0v) is 10.7. The highest BCUT2D eigenvalue weighted by molar-refractivity contribution is 5.70. The van der Waals surface area contributed by atoms with Crippen molar-refractivity contribution in [1.29, 1.82) is 0 Å². The molecule has 3 rings (SSSR count). The smallest absolute Gasteiger partial charge is 0.128 e. The SMILES string of the molecule is Oc1ccccc1-c1ccc(N2CCNCC2)nc1. The van der Waals surface area contributed by atoms with Crippen LogP contribution in [0.5, 0.6) is 5.75 Å². The second-order valence-corrected chi connectivity index (χ2v) is 4.66. The van der Waals surface area contributed by atoms with E-state index in [1.165, 1.54) is 0 Å². The molecular formula is C15H17N3O. The van der Waals surface area contributed by atoms with Gasteiger partial charge in [-0.15, -0.1) is 0 Å². The molecule has 2 N–H and O–H groups in total. The minimum Gasteiger partial charge on any atom is -0.507 e. The standard InChI is InChI=1S/C15H17N3O/c19-14-4-2-1-3-13(14)12-5-6-15(17-11-12)18-9-7-16-8-10-18/h1-6,11,16,19H,7-10H2. The highest BCUT2D eigenvalue weighted by Crippen LogP contribution is 2.28. The third kappa shape index (κ3) is 2.53. The average molecular weight is 255 g/mol. The first-order valence-corrected chi connectivity index (χ1v) is 6.55. The molecule has 2 heterocycles. The van der Waals surface area contributed by atoms with Crippen LogP contribution in [0.2, 0.25) is 0 Å². The monoisotopic (exact) mass is 255 g/mol. The van der Waals surface area contributed by atoms with E-state index in [1.807, 2.05) is 36.5 Å². The number of hydrogen-bond donors (Lipinski definition) is 2. The predicted molar refractivity (Wildman–Crippen MR) is 76.4 cm³/mol. The van der Waals surface area contributed by atoms with Gasteiger partial charge in [-0.3, -0.25) is 0 Å². The molecule has 0 aliphatic carbocycles. The number of nitrogens with one attached hydrogen (secondary N) is 1. The number of pyridine rings is 1. The van der Waals surface area contributed by atoms with Crippen LogP contribution in [0.3, 0.4) is 0 Å². The fraction of sp³-hybridized carbons (Fsp3) is 0.267. The summed E-state index contributed by atoms with van der Waals surface area (Å²) in [5.74, 6) is 1.29. The fourth-order valence-electron chi connectivity index (χ4n) is 2.34. The maximum Gasteiger partial charge on any atom is 0.128 e. The van der Waals surface area contributed by atoms with E-state index >= 15 is 0 Å². The molecule has 1 aromatic heterocycles. The van der Waals surface area contributed by atoms with Crippen LogP contribution in [0.25, 0.3) is 11.1 Å². The molecule has 0 atom stereocenters. The number of phenolic OH excluding ortho intramolecular Hbond substituents is 1. The summed E-state index contributed by atoms with van der Waals surface area (Å²) in [7, 11) is 0. The summed E-state index contributed by atoms with van der Waals surface area (Å²) in [6, 6.07) is 11.4. The zero-order valence-electron chi connectivity index (χ0n) is 10.7. The Labute approximate surface area is 112 Å². The number of aromatic hydroxyl groups is 1. The molecule has 0 amide bonds. The molecule has 98 valence electrons. The molecule has 1 aliphatic rings. The zero-order chi connectivity index (χ0) is 13.1. The van der Waals surface area contributed by atoms with Gasteiger partial charge in [-0.05, 0) is 18.2 Å². The third-order valence-electron chi connectivity index (χ3n) is 3.40. The summed E-state index contributed by atoms with van der Waals surface area (Å²) in [5.41, 5.74) is 1.76. The Morgan fingerprint density at radius 1 is 1.05 bits per heavy atom. The fourth-order valence-corrected chi connectivity index (χ4v) is 2.34. The van der Waals surface area contributed by atoms with Gasteiger partial charge >= 0.3 is 0 Å². The van der Waals surface area contributed by atoms with Crippen molar-refractivity contribution in [3.8, 4) is 16.9 Å². The van der Waals surface area contributed by atoms with Crippen LogP contribution in [0.1, 0.15) is 0 Å². The lowest BCUT2D eigenvalue weighted by molar-refractivity contribution is 0.477. The Bertz CT molecular complexity index is 548. The van der Waals surface area contributed by atoms with Gasteiger partial charge in [-0.25, -0.2) is 4.98 Å². The van der Waals surface area contributed by atoms with Crippen molar-refractivity contribution in [1.82, 2.24) is 10.3 Å². The van der Waals surface area contributed by atoms with E-state index < -0.39 is 0 Å². The number of para-hydroxylation sites is 1. The number of rotatable bonds is 2. The number of phenols is 1. The first kappa shape index (κ1) is 12.0. The number of hydrogen-bond acceptors (Lipinski definition) is 4.